The summed E-state index contributed by atoms with van der Waals surface area (Å²) in [7, 11) is 1.83. The van der Waals surface area contributed by atoms with E-state index in [9.17, 15) is 4.79 Å². The molecule has 0 unspecified atom stereocenters. The van der Waals surface area contributed by atoms with Gasteiger partial charge in [-0.3, -0.25) is 9.58 Å². The van der Waals surface area contributed by atoms with Crippen LogP contribution in [0.5, 0.6) is 11.5 Å². The molecule has 1 atom stereocenters. The number of halogens is 2. The molecule has 11 nitrogen and oxygen atoms in total. The predicted octanol–water partition coefficient (Wildman–Crippen LogP) is 5.00. The molecular formula is C26H29ClFN8O3+. The number of hydrogen-bond donors (Lipinski definition) is 1. The Morgan fingerprint density at radius 3 is 2.69 bits per heavy atom. The lowest BCUT2D eigenvalue weighted by atomic mass is 10.2. The van der Waals surface area contributed by atoms with Crippen molar-refractivity contribution < 1.29 is 23.2 Å². The van der Waals surface area contributed by atoms with Crippen molar-refractivity contribution in [3.05, 3.63) is 41.2 Å². The fraction of sp³-hybridized carbons (Fsp3) is 0.385. The van der Waals surface area contributed by atoms with Crippen molar-refractivity contribution >= 4 is 40.9 Å². The van der Waals surface area contributed by atoms with Crippen molar-refractivity contribution in [2.45, 2.75) is 46.3 Å². The largest absolute Gasteiger partial charge is 0.449 e. The van der Waals surface area contributed by atoms with Gasteiger partial charge in [0.15, 0.2) is 23.3 Å². The van der Waals surface area contributed by atoms with Gasteiger partial charge in [0, 0.05) is 19.3 Å². The Hall–Kier alpha value is -4.06. The van der Waals surface area contributed by atoms with Gasteiger partial charge in [0.25, 0.3) is 0 Å². The first-order valence-electron chi connectivity index (χ1n) is 12.4. The SMILES string of the molecule is Cc1nn(C)cc1-c1nc2ncc(Cl)c(Oc3cnc([N+]4=CCN(C(=O)OC(C)(C)C)[C@@H](C)C4)c(F)c3)c2[nH]1. The number of hydrogen-bond acceptors (Lipinski definition) is 7. The van der Waals surface area contributed by atoms with Crippen molar-refractivity contribution in [2.24, 2.45) is 7.05 Å². The molecule has 0 fully saturated rings. The molecule has 1 amide bonds. The fourth-order valence-corrected chi connectivity index (χ4v) is 4.52. The Morgan fingerprint density at radius 2 is 2.05 bits per heavy atom. The van der Waals surface area contributed by atoms with Crippen LogP contribution in [0.15, 0.2) is 24.7 Å². The van der Waals surface area contributed by atoms with E-state index in [0.29, 0.717) is 23.5 Å². The number of aryl methyl sites for hydroxylation is 2. The number of imidazole rings is 1. The minimum absolute atomic E-state index is 0.125. The molecule has 0 aromatic carbocycles. The van der Waals surface area contributed by atoms with Gasteiger partial charge in [-0.2, -0.15) is 9.49 Å². The molecule has 204 valence electrons. The zero-order chi connectivity index (χ0) is 28.1. The van der Waals surface area contributed by atoms with Gasteiger partial charge in [-0.25, -0.2) is 19.3 Å². The van der Waals surface area contributed by atoms with E-state index in [4.69, 9.17) is 21.1 Å². The molecule has 0 saturated carbocycles. The molecule has 1 N–H and O–H groups in total. The standard InChI is InChI=1S/C26H29ClFN8O3/c1-14-12-35(7-8-36(14)25(37)39-26(3,4)5)24-19(28)9-16(10-30-24)38-21-18(27)11-29-23-20(21)31-22(32-23)17-13-34(6)33-15(17)2/h7,9-11,13-14H,8,12H2,1-6H3,(H,29,31,32)/q+1/t14-/m0/s1. The van der Waals surface area contributed by atoms with Crippen molar-refractivity contribution in [1.82, 2.24) is 34.6 Å². The third kappa shape index (κ3) is 5.42. The first kappa shape index (κ1) is 26.5. The summed E-state index contributed by atoms with van der Waals surface area (Å²) in [5, 5.41) is 4.58. The minimum atomic E-state index is -0.601. The molecule has 39 heavy (non-hydrogen) atoms. The van der Waals surface area contributed by atoms with Gasteiger partial charge in [-0.1, -0.05) is 11.6 Å². The van der Waals surface area contributed by atoms with Gasteiger partial charge in [0.1, 0.15) is 28.5 Å². The van der Waals surface area contributed by atoms with Crippen LogP contribution in [0.4, 0.5) is 15.0 Å². The zero-order valence-electron chi connectivity index (χ0n) is 22.5. The highest BCUT2D eigenvalue weighted by atomic mass is 35.5. The summed E-state index contributed by atoms with van der Waals surface area (Å²) in [4.78, 5) is 30.4. The average molecular weight is 556 g/mol. The molecule has 4 aromatic rings. The monoisotopic (exact) mass is 555 g/mol. The molecule has 13 heteroatoms. The van der Waals surface area contributed by atoms with Crippen LogP contribution in [0.25, 0.3) is 22.6 Å². The molecule has 0 saturated heterocycles. The number of nitrogens with one attached hydrogen (secondary N) is 1. The van der Waals surface area contributed by atoms with E-state index in [-0.39, 0.29) is 34.9 Å². The molecule has 0 bridgehead atoms. The summed E-state index contributed by atoms with van der Waals surface area (Å²) in [5.74, 6) is 0.506. The Balaban J connectivity index is 1.39. The Labute approximate surface area is 229 Å². The zero-order valence-corrected chi connectivity index (χ0v) is 23.2. The maximum atomic E-state index is 15.2. The normalized spacial score (nSPS) is 15.9. The van der Waals surface area contributed by atoms with Gasteiger partial charge in [-0.05, 0) is 39.6 Å². The number of fused-ring (bicyclic) bond motifs is 1. The Morgan fingerprint density at radius 1 is 1.28 bits per heavy atom. The molecule has 0 spiro atoms. The number of aromatic nitrogens is 6. The number of nitrogens with zero attached hydrogens (tertiary/aromatic N) is 7. The molecular weight excluding hydrogens is 527 g/mol. The van der Waals surface area contributed by atoms with Gasteiger partial charge in [-0.15, -0.1) is 0 Å². The third-order valence-corrected chi connectivity index (χ3v) is 6.38. The van der Waals surface area contributed by atoms with Crippen LogP contribution in [-0.4, -0.2) is 76.2 Å². The van der Waals surface area contributed by atoms with E-state index in [0.717, 1.165) is 11.3 Å². The second-order valence-corrected chi connectivity index (χ2v) is 10.8. The van der Waals surface area contributed by atoms with E-state index in [1.54, 1.807) is 20.4 Å². The topological polar surface area (TPSA) is 114 Å². The highest BCUT2D eigenvalue weighted by molar-refractivity contribution is 6.32. The van der Waals surface area contributed by atoms with E-state index in [1.165, 1.54) is 18.5 Å². The molecule has 4 aromatic heterocycles. The van der Waals surface area contributed by atoms with E-state index < -0.39 is 17.5 Å². The van der Waals surface area contributed by atoms with Crippen LogP contribution in [0.3, 0.4) is 0 Å². The van der Waals surface area contributed by atoms with Crippen LogP contribution in [0.2, 0.25) is 5.02 Å². The van der Waals surface area contributed by atoms with Crippen LogP contribution in [0.1, 0.15) is 33.4 Å². The first-order valence-corrected chi connectivity index (χ1v) is 12.7. The number of ether oxygens (including phenoxy) is 2. The Bertz CT molecular complexity index is 1610. The van der Waals surface area contributed by atoms with E-state index in [1.807, 2.05) is 47.9 Å². The fourth-order valence-electron chi connectivity index (χ4n) is 4.34. The maximum absolute atomic E-state index is 15.2. The Kier molecular flexibility index (Phi) is 6.75. The van der Waals surface area contributed by atoms with Crippen LogP contribution in [-0.2, 0) is 11.8 Å². The molecule has 5 rings (SSSR count). The number of aromatic amines is 1. The number of H-pyrrole nitrogens is 1. The lowest BCUT2D eigenvalue weighted by Crippen LogP contribution is -2.50. The highest BCUT2D eigenvalue weighted by Crippen LogP contribution is 2.36. The first-order chi connectivity index (χ1) is 18.4. The summed E-state index contributed by atoms with van der Waals surface area (Å²) in [6.45, 7) is 9.82. The highest BCUT2D eigenvalue weighted by Gasteiger charge is 2.32. The molecule has 0 aliphatic carbocycles. The number of pyridine rings is 2. The molecule has 1 aliphatic rings. The van der Waals surface area contributed by atoms with Crippen LogP contribution < -0.4 is 4.74 Å². The lowest BCUT2D eigenvalue weighted by molar-refractivity contribution is -0.456. The van der Waals surface area contributed by atoms with E-state index >= 15 is 4.39 Å². The number of amides is 1. The van der Waals surface area contributed by atoms with Gasteiger partial charge in [0.2, 0.25) is 5.82 Å². The number of rotatable bonds is 4. The molecule has 1 aliphatic heterocycles. The maximum Gasteiger partial charge on any atom is 0.411 e. The van der Waals surface area contributed by atoms with Gasteiger partial charge in [0.05, 0.1) is 36.3 Å². The minimum Gasteiger partial charge on any atom is -0.449 e. The third-order valence-electron chi connectivity index (χ3n) is 6.11. The van der Waals surface area contributed by atoms with Crippen molar-refractivity contribution in [2.75, 3.05) is 13.1 Å². The molecule has 5 heterocycles. The predicted molar refractivity (Wildman–Crippen MR) is 143 cm³/mol. The number of carbonyl (C=O) groups excluding carboxylic acids is 1. The van der Waals surface area contributed by atoms with Gasteiger partial charge >= 0.3 is 11.9 Å². The van der Waals surface area contributed by atoms with Crippen LogP contribution in [0, 0.1) is 12.7 Å². The lowest BCUT2D eigenvalue weighted by Gasteiger charge is -2.32. The second kappa shape index (κ2) is 9.92. The average Bonchev–Trinajstić information content (AvgIpc) is 3.42. The van der Waals surface area contributed by atoms with Crippen molar-refractivity contribution in [1.29, 1.82) is 0 Å². The van der Waals surface area contributed by atoms with Crippen LogP contribution >= 0.6 is 11.6 Å². The van der Waals surface area contributed by atoms with Gasteiger partial charge < -0.3 is 14.5 Å². The van der Waals surface area contributed by atoms with Crippen molar-refractivity contribution in [3.63, 3.8) is 0 Å². The summed E-state index contributed by atoms with van der Waals surface area (Å²) in [6, 6.07) is 1.02. The molecule has 0 radical (unpaired) electrons. The summed E-state index contributed by atoms with van der Waals surface area (Å²) < 4.78 is 30.1. The van der Waals surface area contributed by atoms with Crippen molar-refractivity contribution in [3.8, 4) is 22.9 Å². The summed E-state index contributed by atoms with van der Waals surface area (Å²) >= 11 is 6.41. The van der Waals surface area contributed by atoms with E-state index in [2.05, 4.69) is 25.0 Å². The second-order valence-electron chi connectivity index (χ2n) is 10.4. The smallest absolute Gasteiger partial charge is 0.411 e. The quantitative estimate of drug-likeness (QED) is 0.352. The summed E-state index contributed by atoms with van der Waals surface area (Å²) in [5.41, 5.74) is 1.86. The summed E-state index contributed by atoms with van der Waals surface area (Å²) in [6.07, 6.45) is 6.00. The number of carbonyl (C=O) groups is 1.